The van der Waals surface area contributed by atoms with E-state index in [1.807, 2.05) is 6.92 Å². The Morgan fingerprint density at radius 2 is 1.94 bits per heavy atom. The van der Waals surface area contributed by atoms with Gasteiger partial charge in [0.1, 0.15) is 6.04 Å². The van der Waals surface area contributed by atoms with Gasteiger partial charge < -0.3 is 10.4 Å². The van der Waals surface area contributed by atoms with Crippen LogP contribution >= 0.6 is 11.8 Å². The topological polar surface area (TPSA) is 66.4 Å². The first-order valence-corrected chi connectivity index (χ1v) is 7.72. The molecule has 0 heterocycles. The van der Waals surface area contributed by atoms with Gasteiger partial charge in [-0.2, -0.15) is 11.8 Å². The molecule has 2 N–H and O–H groups in total. The van der Waals surface area contributed by atoms with Crippen molar-refractivity contribution in [2.45, 2.75) is 52.5 Å². The number of rotatable bonds is 10. The zero-order chi connectivity index (χ0) is 14.0. The molecule has 4 nitrogen and oxygen atoms in total. The molecule has 0 fully saturated rings. The predicted molar refractivity (Wildman–Crippen MR) is 75.9 cm³/mol. The second-order valence-corrected chi connectivity index (χ2v) is 5.94. The van der Waals surface area contributed by atoms with Gasteiger partial charge in [-0.3, -0.25) is 4.79 Å². The second kappa shape index (κ2) is 10.2. The average Bonchev–Trinajstić information content (AvgIpc) is 2.29. The Bertz CT molecular complexity index is 257. The molecule has 0 aromatic carbocycles. The maximum Gasteiger partial charge on any atom is 0.326 e. The molecule has 0 bridgehead atoms. The molecule has 18 heavy (non-hydrogen) atoms. The summed E-state index contributed by atoms with van der Waals surface area (Å²) in [6.07, 6.45) is 3.34. The van der Waals surface area contributed by atoms with E-state index < -0.39 is 12.0 Å². The van der Waals surface area contributed by atoms with Crippen LogP contribution in [-0.4, -0.2) is 34.5 Å². The van der Waals surface area contributed by atoms with E-state index >= 15 is 0 Å². The van der Waals surface area contributed by atoms with Gasteiger partial charge in [0.25, 0.3) is 0 Å². The monoisotopic (exact) mass is 275 g/mol. The van der Waals surface area contributed by atoms with E-state index in [4.69, 9.17) is 5.11 Å². The normalized spacial score (nSPS) is 12.4. The lowest BCUT2D eigenvalue weighted by atomic mass is 10.1. The van der Waals surface area contributed by atoms with Gasteiger partial charge in [-0.15, -0.1) is 0 Å². The van der Waals surface area contributed by atoms with Crippen LogP contribution in [0.3, 0.4) is 0 Å². The van der Waals surface area contributed by atoms with Gasteiger partial charge in [0, 0.05) is 0 Å². The molecule has 0 radical (unpaired) electrons. The number of unbranched alkanes of at least 4 members (excludes halogenated alkanes) is 1. The third-order valence-corrected chi connectivity index (χ3v) is 3.54. The van der Waals surface area contributed by atoms with Gasteiger partial charge in [-0.1, -0.05) is 33.6 Å². The van der Waals surface area contributed by atoms with Crippen molar-refractivity contribution >= 4 is 23.6 Å². The van der Waals surface area contributed by atoms with Crippen LogP contribution in [0.2, 0.25) is 0 Å². The van der Waals surface area contributed by atoms with E-state index in [0.717, 1.165) is 25.0 Å². The Balaban J connectivity index is 3.84. The van der Waals surface area contributed by atoms with Gasteiger partial charge in [-0.05, 0) is 24.5 Å². The number of nitrogens with one attached hydrogen (secondary N) is 1. The quantitative estimate of drug-likeness (QED) is 0.601. The van der Waals surface area contributed by atoms with E-state index in [1.54, 1.807) is 11.8 Å². The third-order valence-electron chi connectivity index (χ3n) is 2.55. The molecule has 0 rings (SSSR count). The average molecular weight is 275 g/mol. The fraction of sp³-hybridized carbons (Fsp3) is 0.846. The summed E-state index contributed by atoms with van der Waals surface area (Å²) in [6.45, 7) is 6.29. The Morgan fingerprint density at radius 1 is 1.28 bits per heavy atom. The molecule has 0 aromatic heterocycles. The highest BCUT2D eigenvalue weighted by atomic mass is 32.2. The number of carboxylic acids is 1. The molecular weight excluding hydrogens is 250 g/mol. The number of hydrogen-bond donors (Lipinski definition) is 2. The van der Waals surface area contributed by atoms with E-state index in [9.17, 15) is 9.59 Å². The molecule has 0 unspecified atom stereocenters. The first kappa shape index (κ1) is 17.3. The van der Waals surface area contributed by atoms with Crippen molar-refractivity contribution in [1.29, 1.82) is 0 Å². The van der Waals surface area contributed by atoms with Crippen molar-refractivity contribution in [2.75, 3.05) is 11.5 Å². The number of amides is 1. The van der Waals surface area contributed by atoms with Crippen LogP contribution in [0, 0.1) is 5.92 Å². The van der Waals surface area contributed by atoms with Crippen LogP contribution < -0.4 is 5.32 Å². The molecule has 1 atom stereocenters. The molecule has 1 amide bonds. The highest BCUT2D eigenvalue weighted by Crippen LogP contribution is 2.08. The summed E-state index contributed by atoms with van der Waals surface area (Å²) in [5.74, 6) is 0.813. The van der Waals surface area contributed by atoms with E-state index in [-0.39, 0.29) is 5.91 Å². The van der Waals surface area contributed by atoms with E-state index in [1.165, 1.54) is 0 Å². The summed E-state index contributed by atoms with van der Waals surface area (Å²) in [7, 11) is 0. The summed E-state index contributed by atoms with van der Waals surface area (Å²) < 4.78 is 0. The second-order valence-electron chi connectivity index (χ2n) is 4.84. The number of thioether (sulfide) groups is 1. The summed E-state index contributed by atoms with van der Waals surface area (Å²) >= 11 is 1.56. The van der Waals surface area contributed by atoms with Crippen molar-refractivity contribution in [1.82, 2.24) is 5.32 Å². The highest BCUT2D eigenvalue weighted by Gasteiger charge is 2.18. The van der Waals surface area contributed by atoms with Gasteiger partial charge >= 0.3 is 5.97 Å². The van der Waals surface area contributed by atoms with Crippen molar-refractivity contribution in [3.63, 3.8) is 0 Å². The minimum Gasteiger partial charge on any atom is -0.480 e. The SMILES string of the molecule is CCCC[C@H](NC(=O)CSCCC(C)C)C(=O)O. The molecule has 0 aliphatic heterocycles. The molecule has 0 aliphatic rings. The van der Waals surface area contributed by atoms with Gasteiger partial charge in [0.2, 0.25) is 5.91 Å². The Morgan fingerprint density at radius 3 is 2.44 bits per heavy atom. The lowest BCUT2D eigenvalue weighted by Gasteiger charge is -2.14. The van der Waals surface area contributed by atoms with Crippen LogP contribution in [0.5, 0.6) is 0 Å². The number of aliphatic carboxylic acids is 1. The number of carbonyl (C=O) groups excluding carboxylic acids is 1. The zero-order valence-corrected chi connectivity index (χ0v) is 12.4. The zero-order valence-electron chi connectivity index (χ0n) is 11.6. The number of carboxylic acid groups (broad SMARTS) is 1. The summed E-state index contributed by atoms with van der Waals surface area (Å²) in [5.41, 5.74) is 0. The Kier molecular flexibility index (Phi) is 9.83. The molecule has 0 saturated heterocycles. The summed E-state index contributed by atoms with van der Waals surface area (Å²) in [6, 6.07) is -0.733. The standard InChI is InChI=1S/C13H25NO3S/c1-4-5-6-11(13(16)17)14-12(15)9-18-8-7-10(2)3/h10-11H,4-9H2,1-3H3,(H,14,15)(H,16,17)/t11-/m0/s1. The van der Waals surface area contributed by atoms with Gasteiger partial charge in [-0.25, -0.2) is 4.79 Å². The van der Waals surface area contributed by atoms with Crippen LogP contribution in [0.4, 0.5) is 0 Å². The van der Waals surface area contributed by atoms with Gasteiger partial charge in [0.15, 0.2) is 0 Å². The molecule has 0 saturated carbocycles. The van der Waals surface area contributed by atoms with Crippen molar-refractivity contribution in [2.24, 2.45) is 5.92 Å². The predicted octanol–water partition coefficient (Wildman–Crippen LogP) is 2.53. The lowest BCUT2D eigenvalue weighted by molar-refractivity contribution is -0.141. The smallest absolute Gasteiger partial charge is 0.326 e. The minimum absolute atomic E-state index is 0.174. The van der Waals surface area contributed by atoms with Crippen LogP contribution in [0.15, 0.2) is 0 Å². The molecule has 0 spiro atoms. The van der Waals surface area contributed by atoms with Gasteiger partial charge in [0.05, 0.1) is 5.75 Å². The van der Waals surface area contributed by atoms with Crippen LogP contribution in [0.25, 0.3) is 0 Å². The summed E-state index contributed by atoms with van der Waals surface area (Å²) in [5, 5.41) is 11.6. The fourth-order valence-electron chi connectivity index (χ4n) is 1.39. The minimum atomic E-state index is -0.941. The summed E-state index contributed by atoms with van der Waals surface area (Å²) in [4.78, 5) is 22.5. The molecule has 0 aliphatic carbocycles. The fourth-order valence-corrected chi connectivity index (χ4v) is 2.44. The van der Waals surface area contributed by atoms with Crippen LogP contribution in [-0.2, 0) is 9.59 Å². The highest BCUT2D eigenvalue weighted by molar-refractivity contribution is 7.99. The largest absolute Gasteiger partial charge is 0.480 e. The number of hydrogen-bond acceptors (Lipinski definition) is 3. The van der Waals surface area contributed by atoms with Crippen LogP contribution in [0.1, 0.15) is 46.5 Å². The molecule has 0 aromatic rings. The van der Waals surface area contributed by atoms with Crippen molar-refractivity contribution in [3.8, 4) is 0 Å². The Hall–Kier alpha value is -0.710. The molecule has 106 valence electrons. The lowest BCUT2D eigenvalue weighted by Crippen LogP contribution is -2.41. The van der Waals surface area contributed by atoms with E-state index in [0.29, 0.717) is 18.1 Å². The van der Waals surface area contributed by atoms with E-state index in [2.05, 4.69) is 19.2 Å². The number of carbonyl (C=O) groups is 2. The first-order chi connectivity index (χ1) is 8.47. The molecule has 5 heteroatoms. The maximum absolute atomic E-state index is 11.6. The third kappa shape index (κ3) is 9.33. The van der Waals surface area contributed by atoms with Crippen molar-refractivity contribution in [3.05, 3.63) is 0 Å². The van der Waals surface area contributed by atoms with Crippen molar-refractivity contribution < 1.29 is 14.7 Å². The first-order valence-electron chi connectivity index (χ1n) is 6.57. The Labute approximate surface area is 114 Å². The molecular formula is C13H25NO3S. The maximum atomic E-state index is 11.6.